The maximum absolute atomic E-state index is 8.56. The number of hydrogen-bond acceptors (Lipinski definition) is 2. The van der Waals surface area contributed by atoms with Gasteiger partial charge in [-0.3, -0.25) is 0 Å². The van der Waals surface area contributed by atoms with Crippen molar-refractivity contribution in [2.45, 2.75) is 0 Å². The lowest BCUT2D eigenvalue weighted by atomic mass is 9.65. The van der Waals surface area contributed by atoms with Crippen molar-refractivity contribution in [3.63, 3.8) is 0 Å². The highest BCUT2D eigenvalue weighted by atomic mass is 15.0. The molecule has 0 fully saturated rings. The minimum atomic E-state index is -0.317. The summed E-state index contributed by atoms with van der Waals surface area (Å²) in [6.45, 7) is 8.24. The lowest BCUT2D eigenvalue weighted by Gasteiger charge is -2.20. The van der Waals surface area contributed by atoms with Gasteiger partial charge in [-0.2, -0.15) is 0 Å². The van der Waals surface area contributed by atoms with Crippen molar-refractivity contribution >= 4 is 23.8 Å². The van der Waals surface area contributed by atoms with Gasteiger partial charge >= 0.3 is 6.98 Å². The summed E-state index contributed by atoms with van der Waals surface area (Å²) in [5.41, 5.74) is 3.34. The average Bonchev–Trinajstić information content (AvgIpc) is 2.63. The van der Waals surface area contributed by atoms with Crippen LogP contribution in [0.2, 0.25) is 0 Å². The zero-order valence-corrected chi connectivity index (χ0v) is 12.7. The van der Waals surface area contributed by atoms with Gasteiger partial charge < -0.3 is 10.5 Å². The summed E-state index contributed by atoms with van der Waals surface area (Å²) in [6.07, 6.45) is 0. The number of benzene rings is 3. The molecule has 2 N–H and O–H groups in total. The Morgan fingerprint density at radius 1 is 0.609 bits per heavy atom. The van der Waals surface area contributed by atoms with Gasteiger partial charge in [0.05, 0.1) is 0 Å². The zero-order chi connectivity index (χ0) is 15.9. The van der Waals surface area contributed by atoms with Gasteiger partial charge in [0.15, 0.2) is 0 Å². The molecule has 0 aromatic heterocycles. The molecule has 2 nitrogen and oxygen atoms in total. The second-order valence-corrected chi connectivity index (χ2v) is 5.23. The highest BCUT2D eigenvalue weighted by molar-refractivity contribution is 6.83. The Hall–Kier alpha value is -2.94. The topological polar surface area (TPSA) is 24.1 Å². The Bertz CT molecular complexity index is 701. The van der Waals surface area contributed by atoms with Gasteiger partial charge in [-0.1, -0.05) is 66.7 Å². The van der Waals surface area contributed by atoms with Crippen LogP contribution in [0.25, 0.3) is 5.47 Å². The molecule has 0 saturated carbocycles. The van der Waals surface area contributed by atoms with E-state index < -0.39 is 0 Å². The van der Waals surface area contributed by atoms with E-state index in [0.29, 0.717) is 5.47 Å². The van der Waals surface area contributed by atoms with E-state index in [-0.39, 0.29) is 6.98 Å². The lowest BCUT2D eigenvalue weighted by Crippen LogP contribution is -2.36. The largest absolute Gasteiger partial charge is 0.407 e. The summed E-state index contributed by atoms with van der Waals surface area (Å²) in [4.78, 5) is 0. The summed E-state index contributed by atoms with van der Waals surface area (Å²) < 4.78 is 0. The third-order valence-electron chi connectivity index (χ3n) is 3.54. The van der Waals surface area contributed by atoms with Crippen LogP contribution in [0, 0.1) is 6.58 Å². The van der Waals surface area contributed by atoms with Crippen molar-refractivity contribution in [2.24, 2.45) is 0 Å². The molecule has 3 heteroatoms. The highest BCUT2D eigenvalue weighted by Gasteiger charge is 2.21. The molecular weight excluding hydrogens is 279 g/mol. The molecule has 0 heterocycles. The van der Waals surface area contributed by atoms with Crippen molar-refractivity contribution in [1.82, 2.24) is 0 Å². The molecule has 3 aromatic rings. The number of rotatable bonds is 6. The normalized spacial score (nSPS) is 9.91. The second kappa shape index (κ2) is 7.36. The Morgan fingerprint density at radius 2 is 1.00 bits per heavy atom. The molecule has 2 radical (unpaired) electrons. The van der Waals surface area contributed by atoms with Crippen LogP contribution in [-0.2, 0) is 0 Å². The summed E-state index contributed by atoms with van der Waals surface area (Å²) in [5, 5.41) is 6.78. The maximum atomic E-state index is 8.56. The smallest absolute Gasteiger partial charge is 0.405 e. The van der Waals surface area contributed by atoms with Crippen molar-refractivity contribution in [3.8, 4) is 0 Å². The average molecular weight is 296 g/mol. The molecule has 23 heavy (non-hydrogen) atoms. The first-order valence-electron chi connectivity index (χ1n) is 7.60. The van der Waals surface area contributed by atoms with Gasteiger partial charge in [0.2, 0.25) is 0 Å². The number of hydrogen-bond donors (Lipinski definition) is 2. The molecular formula is C20H17BN2. The summed E-state index contributed by atoms with van der Waals surface area (Å²) in [7, 11) is 0. The predicted octanol–water partition coefficient (Wildman–Crippen LogP) is 4.63. The van der Waals surface area contributed by atoms with Gasteiger partial charge in [0.25, 0.3) is 0 Å². The monoisotopic (exact) mass is 296 g/mol. The van der Waals surface area contributed by atoms with Crippen molar-refractivity contribution in [1.29, 1.82) is 0 Å². The SMILES string of the molecule is [C]=C(B(Nc1ccccc1)Nc1ccccc1)c1ccccc1. The molecule has 0 bridgehead atoms. The van der Waals surface area contributed by atoms with Crippen molar-refractivity contribution in [3.05, 3.63) is 103 Å². The quantitative estimate of drug-likeness (QED) is 0.648. The van der Waals surface area contributed by atoms with Crippen LogP contribution >= 0.6 is 0 Å². The van der Waals surface area contributed by atoms with Gasteiger partial charge in [-0.15, -0.1) is 0 Å². The van der Waals surface area contributed by atoms with Gasteiger partial charge in [-0.25, -0.2) is 0 Å². The van der Waals surface area contributed by atoms with Crippen LogP contribution in [0.15, 0.2) is 91.0 Å². The predicted molar refractivity (Wildman–Crippen MR) is 99.0 cm³/mol. The summed E-state index contributed by atoms with van der Waals surface area (Å²) >= 11 is 0. The first-order valence-corrected chi connectivity index (χ1v) is 7.60. The maximum Gasteiger partial charge on any atom is 0.407 e. The number of anilines is 2. The summed E-state index contributed by atoms with van der Waals surface area (Å²) in [6, 6.07) is 29.6. The van der Waals surface area contributed by atoms with Crippen LogP contribution in [-0.4, -0.2) is 6.98 Å². The Morgan fingerprint density at radius 3 is 1.43 bits per heavy atom. The fourth-order valence-electron chi connectivity index (χ4n) is 2.37. The molecule has 3 rings (SSSR count). The zero-order valence-electron chi connectivity index (χ0n) is 12.7. The Labute approximate surface area is 138 Å². The van der Waals surface area contributed by atoms with Gasteiger partial charge in [0.1, 0.15) is 0 Å². The second-order valence-electron chi connectivity index (χ2n) is 5.23. The number of nitrogens with one attached hydrogen (secondary N) is 2. The van der Waals surface area contributed by atoms with E-state index in [0.717, 1.165) is 16.9 Å². The van der Waals surface area contributed by atoms with Gasteiger partial charge in [-0.05, 0) is 41.9 Å². The molecule has 0 aliphatic rings. The number of para-hydroxylation sites is 2. The van der Waals surface area contributed by atoms with Crippen LogP contribution in [0.5, 0.6) is 0 Å². The van der Waals surface area contributed by atoms with E-state index in [1.54, 1.807) is 0 Å². The summed E-state index contributed by atoms with van der Waals surface area (Å²) in [5.74, 6) is 0. The minimum Gasteiger partial charge on any atom is -0.405 e. The molecule has 0 aliphatic heterocycles. The van der Waals surface area contributed by atoms with E-state index in [1.807, 2.05) is 91.0 Å². The van der Waals surface area contributed by atoms with E-state index in [1.165, 1.54) is 0 Å². The van der Waals surface area contributed by atoms with Crippen LogP contribution < -0.4 is 10.5 Å². The van der Waals surface area contributed by atoms with Crippen LogP contribution in [0.3, 0.4) is 0 Å². The van der Waals surface area contributed by atoms with E-state index >= 15 is 0 Å². The highest BCUT2D eigenvalue weighted by Crippen LogP contribution is 2.19. The molecule has 0 aliphatic carbocycles. The molecule has 0 saturated heterocycles. The molecule has 0 amide bonds. The van der Waals surface area contributed by atoms with E-state index in [9.17, 15) is 0 Å². The molecule has 3 aromatic carbocycles. The molecule has 0 spiro atoms. The van der Waals surface area contributed by atoms with Crippen molar-refractivity contribution in [2.75, 3.05) is 10.5 Å². The van der Waals surface area contributed by atoms with Crippen molar-refractivity contribution < 1.29 is 0 Å². The van der Waals surface area contributed by atoms with E-state index in [2.05, 4.69) is 10.5 Å². The van der Waals surface area contributed by atoms with E-state index in [4.69, 9.17) is 6.58 Å². The fourth-order valence-corrected chi connectivity index (χ4v) is 2.37. The standard InChI is InChI=1S/C20H17BN2/c1-17(18-11-5-2-6-12-18)21(22-19-13-7-3-8-14-19)23-20-15-9-4-10-16-20/h2-16,22-23H. The molecule has 0 atom stereocenters. The Balaban J connectivity index is 1.85. The first-order chi connectivity index (χ1) is 11.3. The minimum absolute atomic E-state index is 0.317. The van der Waals surface area contributed by atoms with Gasteiger partial charge in [0, 0.05) is 11.4 Å². The third kappa shape index (κ3) is 4.04. The van der Waals surface area contributed by atoms with Crippen LogP contribution in [0.1, 0.15) is 5.56 Å². The Kier molecular flexibility index (Phi) is 4.80. The molecule has 110 valence electrons. The lowest BCUT2D eigenvalue weighted by molar-refractivity contribution is 1.59. The third-order valence-corrected chi connectivity index (χ3v) is 3.54. The fraction of sp³-hybridized carbons (Fsp3) is 0. The first kappa shape index (κ1) is 15.0. The van der Waals surface area contributed by atoms with Crippen LogP contribution in [0.4, 0.5) is 11.4 Å². The molecule has 0 unspecified atom stereocenters.